The molecule has 0 spiro atoms. The van der Waals surface area contributed by atoms with Crippen molar-refractivity contribution in [3.05, 3.63) is 82.8 Å². The van der Waals surface area contributed by atoms with Gasteiger partial charge in [0, 0.05) is 55.0 Å². The van der Waals surface area contributed by atoms with Gasteiger partial charge in [-0.3, -0.25) is 4.79 Å². The molecule has 0 fully saturated rings. The minimum atomic E-state index is -0.997. The Labute approximate surface area is 255 Å². The zero-order valence-corrected chi connectivity index (χ0v) is 25.3. The third-order valence-electron chi connectivity index (χ3n) is 8.26. The smallest absolute Gasteiger partial charge is 0.392 e. The predicted molar refractivity (Wildman–Crippen MR) is 167 cm³/mol. The maximum Gasteiger partial charge on any atom is 0.428 e. The monoisotopic (exact) mass is 596 g/mol. The lowest BCUT2D eigenvalue weighted by Gasteiger charge is -2.31. The molecule has 2 aliphatic rings. The normalized spacial score (nSPS) is 15.7. The summed E-state index contributed by atoms with van der Waals surface area (Å²) in [6.07, 6.45) is 4.40. The summed E-state index contributed by atoms with van der Waals surface area (Å²) in [6, 6.07) is 13.1. The van der Waals surface area contributed by atoms with Crippen LogP contribution in [0.5, 0.6) is 0 Å². The van der Waals surface area contributed by atoms with Crippen LogP contribution in [0.25, 0.3) is 27.9 Å². The number of carbonyl (C=O) groups is 2. The predicted octanol–water partition coefficient (Wildman–Crippen LogP) is 4.25. The molecule has 44 heavy (non-hydrogen) atoms. The molecule has 6 rings (SSSR count). The Kier molecular flexibility index (Phi) is 7.70. The number of anilines is 1. The lowest BCUT2D eigenvalue weighted by atomic mass is 9.90. The summed E-state index contributed by atoms with van der Waals surface area (Å²) in [5.41, 5.74) is 6.52. The van der Waals surface area contributed by atoms with Crippen LogP contribution >= 0.6 is 0 Å². The highest BCUT2D eigenvalue weighted by atomic mass is 16.7. The summed E-state index contributed by atoms with van der Waals surface area (Å²) in [7, 11) is 3.29. The van der Waals surface area contributed by atoms with Crippen LogP contribution in [0.3, 0.4) is 0 Å². The van der Waals surface area contributed by atoms with E-state index in [0.717, 1.165) is 33.3 Å². The van der Waals surface area contributed by atoms with Crippen molar-refractivity contribution < 1.29 is 24.6 Å². The van der Waals surface area contributed by atoms with Gasteiger partial charge in [-0.15, -0.1) is 5.06 Å². The number of aromatic amines is 1. The molecule has 0 bridgehead atoms. The fourth-order valence-corrected chi connectivity index (χ4v) is 5.81. The molecule has 228 valence electrons. The highest BCUT2D eigenvalue weighted by Crippen LogP contribution is 2.37. The second kappa shape index (κ2) is 11.5. The molecule has 4 aromatic rings. The van der Waals surface area contributed by atoms with E-state index < -0.39 is 11.7 Å². The van der Waals surface area contributed by atoms with Crippen molar-refractivity contribution in [2.24, 2.45) is 0 Å². The van der Waals surface area contributed by atoms with Gasteiger partial charge in [0.25, 0.3) is 5.91 Å². The summed E-state index contributed by atoms with van der Waals surface area (Å²) >= 11 is 0. The van der Waals surface area contributed by atoms with E-state index in [1.54, 1.807) is 50.0 Å². The first-order valence-electron chi connectivity index (χ1n) is 14.6. The van der Waals surface area contributed by atoms with Crippen LogP contribution in [0.4, 0.5) is 10.5 Å². The largest absolute Gasteiger partial charge is 0.428 e. The van der Waals surface area contributed by atoms with Crippen LogP contribution < -0.4 is 4.90 Å². The third kappa shape index (κ3) is 5.45. The maximum atomic E-state index is 13.7. The number of amides is 2. The number of aromatic nitrogens is 3. The maximum absolute atomic E-state index is 13.7. The lowest BCUT2D eigenvalue weighted by Crippen LogP contribution is -2.38. The molecular weight excluding hydrogens is 560 g/mol. The van der Waals surface area contributed by atoms with E-state index in [0.29, 0.717) is 60.6 Å². The molecule has 11 nitrogen and oxygen atoms in total. The molecule has 0 unspecified atom stereocenters. The summed E-state index contributed by atoms with van der Waals surface area (Å²) in [4.78, 5) is 46.6. The minimum Gasteiger partial charge on any atom is -0.392 e. The number of H-pyrrole nitrogens is 1. The molecule has 2 aliphatic heterocycles. The van der Waals surface area contributed by atoms with Gasteiger partial charge in [0.1, 0.15) is 12.0 Å². The van der Waals surface area contributed by atoms with Gasteiger partial charge in [-0.1, -0.05) is 30.3 Å². The first kappa shape index (κ1) is 29.5. The van der Waals surface area contributed by atoms with Crippen LogP contribution in [0.15, 0.2) is 54.9 Å². The molecule has 11 heteroatoms. The molecule has 2 aromatic carbocycles. The van der Waals surface area contributed by atoms with E-state index in [1.165, 1.54) is 11.2 Å². The molecule has 2 amide bonds. The van der Waals surface area contributed by atoms with E-state index in [4.69, 9.17) is 4.84 Å². The van der Waals surface area contributed by atoms with E-state index in [9.17, 15) is 19.8 Å². The van der Waals surface area contributed by atoms with Gasteiger partial charge in [0.2, 0.25) is 0 Å². The van der Waals surface area contributed by atoms with Gasteiger partial charge < -0.3 is 29.8 Å². The molecule has 4 heterocycles. The number of hydrogen-bond donors (Lipinski definition) is 3. The lowest BCUT2D eigenvalue weighted by molar-refractivity contribution is -0.101. The summed E-state index contributed by atoms with van der Waals surface area (Å²) < 4.78 is 0. The molecule has 0 atom stereocenters. The zero-order valence-electron chi connectivity index (χ0n) is 25.3. The van der Waals surface area contributed by atoms with Crippen molar-refractivity contribution in [2.45, 2.75) is 38.9 Å². The summed E-state index contributed by atoms with van der Waals surface area (Å²) in [6.45, 7) is 4.64. The van der Waals surface area contributed by atoms with Gasteiger partial charge in [-0.05, 0) is 61.6 Å². The van der Waals surface area contributed by atoms with Crippen molar-refractivity contribution in [3.63, 3.8) is 0 Å². The van der Waals surface area contributed by atoms with Gasteiger partial charge in [-0.25, -0.2) is 14.8 Å². The van der Waals surface area contributed by atoms with Crippen molar-refractivity contribution >= 4 is 34.3 Å². The third-order valence-corrected chi connectivity index (χ3v) is 8.26. The Morgan fingerprint density at radius 2 is 1.91 bits per heavy atom. The fraction of sp³-hybridized carbons (Fsp3) is 0.333. The fourth-order valence-electron chi connectivity index (χ4n) is 5.81. The van der Waals surface area contributed by atoms with Crippen molar-refractivity contribution in [2.75, 3.05) is 38.6 Å². The SMILES string of the molecule is CN(C)C(=O)ON1CC=C(c2cc3c(-c4cccc(N5CCc6cc(C(C)(C)O)ccc6C5=O)c4CO)ncnc3[nH]2)CC1. The van der Waals surface area contributed by atoms with E-state index in [2.05, 4.69) is 15.0 Å². The van der Waals surface area contributed by atoms with E-state index in [-0.39, 0.29) is 12.5 Å². The van der Waals surface area contributed by atoms with Crippen LogP contribution in [-0.4, -0.2) is 80.9 Å². The standard InChI is InChI=1S/C33H36N6O5/c1-33(2,43)22-8-9-23-21(16-22)12-15-39(31(23)41)28-7-5-6-24(26(28)18-40)29-25-17-27(36-30(25)35-19-34-29)20-10-13-38(14-11-20)44-32(42)37(3)4/h5-10,16-17,19,40,43H,11-15,18H2,1-4H3,(H,34,35,36). The number of hydroxylamine groups is 2. The second-order valence-electron chi connectivity index (χ2n) is 11.9. The van der Waals surface area contributed by atoms with Crippen molar-refractivity contribution in [3.8, 4) is 11.3 Å². The minimum absolute atomic E-state index is 0.147. The highest BCUT2D eigenvalue weighted by Gasteiger charge is 2.30. The molecule has 0 saturated heterocycles. The van der Waals surface area contributed by atoms with Crippen LogP contribution in [0.2, 0.25) is 0 Å². The average Bonchev–Trinajstić information content (AvgIpc) is 3.45. The number of nitrogens with one attached hydrogen (secondary N) is 1. The van der Waals surface area contributed by atoms with Gasteiger partial charge in [0.15, 0.2) is 0 Å². The first-order chi connectivity index (χ1) is 21.0. The number of rotatable bonds is 6. The Bertz CT molecular complexity index is 1790. The molecule has 3 N–H and O–H groups in total. The van der Waals surface area contributed by atoms with E-state index >= 15 is 0 Å². The molecule has 0 saturated carbocycles. The van der Waals surface area contributed by atoms with Crippen LogP contribution in [0.1, 0.15) is 53.0 Å². The number of hydrogen-bond acceptors (Lipinski definition) is 8. The van der Waals surface area contributed by atoms with Crippen LogP contribution in [0, 0.1) is 0 Å². The Balaban J connectivity index is 1.32. The number of aliphatic hydroxyl groups is 2. The molecular formula is C33H36N6O5. The first-order valence-corrected chi connectivity index (χ1v) is 14.6. The van der Waals surface area contributed by atoms with E-state index in [1.807, 2.05) is 36.4 Å². The van der Waals surface area contributed by atoms with Gasteiger partial charge in [-0.2, -0.15) is 0 Å². The molecule has 0 aliphatic carbocycles. The number of aliphatic hydroxyl groups excluding tert-OH is 1. The van der Waals surface area contributed by atoms with Crippen molar-refractivity contribution in [1.82, 2.24) is 24.9 Å². The summed E-state index contributed by atoms with van der Waals surface area (Å²) in [5, 5.41) is 23.5. The number of fused-ring (bicyclic) bond motifs is 2. The second-order valence-corrected chi connectivity index (χ2v) is 11.9. The van der Waals surface area contributed by atoms with Gasteiger partial charge >= 0.3 is 6.09 Å². The van der Waals surface area contributed by atoms with Crippen molar-refractivity contribution in [1.29, 1.82) is 0 Å². The molecule has 0 radical (unpaired) electrons. The number of nitrogens with zero attached hydrogens (tertiary/aromatic N) is 5. The summed E-state index contributed by atoms with van der Waals surface area (Å²) in [5.74, 6) is -0.147. The molecule has 2 aromatic heterocycles. The number of carbonyl (C=O) groups excluding carboxylic acids is 2. The Morgan fingerprint density at radius 3 is 2.61 bits per heavy atom. The topological polar surface area (TPSA) is 135 Å². The number of benzene rings is 2. The Morgan fingerprint density at radius 1 is 1.09 bits per heavy atom. The zero-order chi connectivity index (χ0) is 31.2. The quantitative estimate of drug-likeness (QED) is 0.301. The van der Waals surface area contributed by atoms with Crippen LogP contribution in [-0.2, 0) is 23.5 Å². The average molecular weight is 597 g/mol. The highest BCUT2D eigenvalue weighted by molar-refractivity contribution is 6.09. The Hall–Kier alpha value is -4.58. The van der Waals surface area contributed by atoms with Gasteiger partial charge in [0.05, 0.1) is 30.1 Å².